The summed E-state index contributed by atoms with van der Waals surface area (Å²) < 4.78 is 30.8. The molecule has 3 N–H and O–H groups in total. The van der Waals surface area contributed by atoms with Gasteiger partial charge in [0.15, 0.2) is 0 Å². The van der Waals surface area contributed by atoms with Gasteiger partial charge in [0, 0.05) is 25.6 Å². The molecule has 3 aliphatic carbocycles. The molecule has 1 amide bonds. The van der Waals surface area contributed by atoms with Gasteiger partial charge in [0.1, 0.15) is 6.23 Å². The van der Waals surface area contributed by atoms with Crippen LogP contribution >= 0.6 is 0 Å². The summed E-state index contributed by atoms with van der Waals surface area (Å²) in [6, 6.07) is 0. The number of hydrogen-bond acceptors (Lipinski definition) is 5. The van der Waals surface area contributed by atoms with Gasteiger partial charge in [-0.25, -0.2) is 0 Å². The van der Waals surface area contributed by atoms with Crippen LogP contribution in [0.5, 0.6) is 0 Å². The van der Waals surface area contributed by atoms with Crippen molar-refractivity contribution in [2.24, 2.45) is 28.6 Å². The van der Waals surface area contributed by atoms with Crippen molar-refractivity contribution in [3.8, 4) is 0 Å². The number of aliphatic hydroxyl groups excluding tert-OH is 1. The number of fused-ring (bicyclic) bond motifs is 3. The van der Waals surface area contributed by atoms with Crippen LogP contribution in [-0.4, -0.2) is 60.0 Å². The molecule has 196 valence electrons. The summed E-state index contributed by atoms with van der Waals surface area (Å²) in [6.45, 7) is 5.01. The predicted molar refractivity (Wildman–Crippen MR) is 133 cm³/mol. The van der Waals surface area contributed by atoms with Gasteiger partial charge in [-0.2, -0.15) is 8.42 Å². The molecule has 1 aliphatic heterocycles. The van der Waals surface area contributed by atoms with Gasteiger partial charge in [0.2, 0.25) is 5.91 Å². The van der Waals surface area contributed by atoms with Gasteiger partial charge < -0.3 is 10.0 Å². The summed E-state index contributed by atoms with van der Waals surface area (Å²) in [7, 11) is -2.45. The van der Waals surface area contributed by atoms with Gasteiger partial charge in [-0.1, -0.05) is 26.7 Å². The number of piperidine rings is 1. The van der Waals surface area contributed by atoms with Crippen LogP contribution in [0.15, 0.2) is 0 Å². The second kappa shape index (κ2) is 9.64. The molecule has 0 bridgehead atoms. The number of nitrogens with one attached hydrogen (secondary N) is 1. The van der Waals surface area contributed by atoms with Crippen molar-refractivity contribution in [3.63, 3.8) is 0 Å². The van der Waals surface area contributed by atoms with E-state index in [-0.39, 0.29) is 29.6 Å². The molecular weight excluding hydrogens is 452 g/mol. The molecule has 7 unspecified atom stereocenters. The lowest BCUT2D eigenvalue weighted by Gasteiger charge is -2.64. The van der Waals surface area contributed by atoms with E-state index in [0.29, 0.717) is 29.6 Å². The third-order valence-electron chi connectivity index (χ3n) is 10.9. The summed E-state index contributed by atoms with van der Waals surface area (Å²) in [5, 5.41) is 14.5. The SMILES string of the molecule is CN(CCS(=O)(=O)O)C(=O)CCCC1CCC2CC3(CCC12C)NC(O)CC1CCCCC13C. The third kappa shape index (κ3) is 4.94. The first-order valence-electron chi connectivity index (χ1n) is 13.5. The number of aliphatic hydroxyl groups is 1. The Morgan fingerprint density at radius 3 is 2.59 bits per heavy atom. The Morgan fingerprint density at radius 2 is 1.85 bits per heavy atom. The molecule has 1 spiro atoms. The van der Waals surface area contributed by atoms with Gasteiger partial charge in [-0.3, -0.25) is 14.7 Å². The molecule has 0 aromatic heterocycles. The Labute approximate surface area is 206 Å². The molecular formula is C26H46N2O5S. The molecule has 3 saturated carbocycles. The van der Waals surface area contributed by atoms with Crippen LogP contribution in [0.3, 0.4) is 0 Å². The highest BCUT2D eigenvalue weighted by atomic mass is 32.2. The van der Waals surface area contributed by atoms with E-state index in [1.807, 2.05) is 0 Å². The third-order valence-corrected chi connectivity index (χ3v) is 11.6. The number of carbonyl (C=O) groups excluding carboxylic acids is 1. The molecule has 34 heavy (non-hydrogen) atoms. The Hall–Kier alpha value is -0.700. The highest BCUT2D eigenvalue weighted by Crippen LogP contribution is 2.65. The Balaban J connectivity index is 1.34. The maximum atomic E-state index is 12.4. The van der Waals surface area contributed by atoms with E-state index in [9.17, 15) is 18.3 Å². The average Bonchev–Trinajstić information content (AvgIpc) is 3.08. The van der Waals surface area contributed by atoms with Crippen molar-refractivity contribution in [3.05, 3.63) is 0 Å². The average molecular weight is 499 g/mol. The predicted octanol–water partition coefficient (Wildman–Crippen LogP) is 3.97. The van der Waals surface area contributed by atoms with E-state index in [1.165, 1.54) is 56.3 Å². The van der Waals surface area contributed by atoms with Crippen molar-refractivity contribution in [2.75, 3.05) is 19.3 Å². The van der Waals surface area contributed by atoms with Crippen LogP contribution in [0.1, 0.15) is 97.3 Å². The quantitative estimate of drug-likeness (QED) is 0.459. The molecule has 1 heterocycles. The monoisotopic (exact) mass is 498 g/mol. The van der Waals surface area contributed by atoms with Gasteiger partial charge in [0.05, 0.1) is 5.75 Å². The second-order valence-corrected chi connectivity index (χ2v) is 14.1. The van der Waals surface area contributed by atoms with Crippen LogP contribution < -0.4 is 5.32 Å². The van der Waals surface area contributed by atoms with Crippen LogP contribution in [0, 0.1) is 28.6 Å². The number of amides is 1. The molecule has 0 radical (unpaired) electrons. The van der Waals surface area contributed by atoms with Crippen LogP contribution in [0.25, 0.3) is 0 Å². The molecule has 0 aromatic carbocycles. The number of nitrogens with zero attached hydrogens (tertiary/aromatic N) is 1. The minimum Gasteiger partial charge on any atom is -0.379 e. The van der Waals surface area contributed by atoms with Crippen molar-refractivity contribution < 1.29 is 22.9 Å². The van der Waals surface area contributed by atoms with E-state index in [4.69, 9.17) is 4.55 Å². The van der Waals surface area contributed by atoms with Gasteiger partial charge in [-0.05, 0) is 92.8 Å². The summed E-state index contributed by atoms with van der Waals surface area (Å²) in [4.78, 5) is 13.8. The Bertz CT molecular complexity index is 865. The lowest BCUT2D eigenvalue weighted by atomic mass is 9.47. The molecule has 4 aliphatic rings. The molecule has 7 atom stereocenters. The summed E-state index contributed by atoms with van der Waals surface area (Å²) >= 11 is 0. The first-order valence-corrected chi connectivity index (χ1v) is 15.1. The lowest BCUT2D eigenvalue weighted by molar-refractivity contribution is -0.138. The first-order chi connectivity index (χ1) is 15.9. The zero-order chi connectivity index (χ0) is 24.8. The van der Waals surface area contributed by atoms with E-state index in [1.54, 1.807) is 7.05 Å². The fourth-order valence-corrected chi connectivity index (χ4v) is 9.07. The lowest BCUT2D eigenvalue weighted by Crippen LogP contribution is -2.70. The molecule has 0 aromatic rings. The first kappa shape index (κ1) is 26.4. The van der Waals surface area contributed by atoms with Crippen LogP contribution in [-0.2, 0) is 14.9 Å². The highest BCUT2D eigenvalue weighted by Gasteiger charge is 2.62. The van der Waals surface area contributed by atoms with E-state index >= 15 is 0 Å². The van der Waals surface area contributed by atoms with Crippen LogP contribution in [0.4, 0.5) is 0 Å². The van der Waals surface area contributed by atoms with Crippen molar-refractivity contribution >= 4 is 16.0 Å². The second-order valence-electron chi connectivity index (χ2n) is 12.5. The summed E-state index contributed by atoms with van der Waals surface area (Å²) in [6.07, 6.45) is 13.9. The normalized spacial score (nSPS) is 42.3. The van der Waals surface area contributed by atoms with Crippen molar-refractivity contribution in [2.45, 2.75) is 109 Å². The molecule has 1 saturated heterocycles. The fourth-order valence-electron chi connectivity index (χ4n) is 8.56. The Kier molecular flexibility index (Phi) is 7.47. The van der Waals surface area contributed by atoms with Gasteiger partial charge >= 0.3 is 0 Å². The fraction of sp³-hybridized carbons (Fsp3) is 0.962. The standard InChI is InChI=1S/C26H46N2O5S/c1-24-13-14-26(25(2)12-5-4-7-20(25)17-22(29)27-26)18-21(24)11-10-19(24)8-6-9-23(30)28(3)15-16-34(31,32)33/h19-22,27,29H,4-18H2,1-3H3,(H,31,32,33). The summed E-state index contributed by atoms with van der Waals surface area (Å²) in [5.74, 6) is 1.44. The minimum absolute atomic E-state index is 0.0293. The van der Waals surface area contributed by atoms with Crippen molar-refractivity contribution in [1.29, 1.82) is 0 Å². The van der Waals surface area contributed by atoms with E-state index < -0.39 is 15.9 Å². The van der Waals surface area contributed by atoms with Crippen molar-refractivity contribution in [1.82, 2.24) is 10.2 Å². The molecule has 7 nitrogen and oxygen atoms in total. The maximum Gasteiger partial charge on any atom is 0.266 e. The maximum absolute atomic E-state index is 12.4. The molecule has 8 heteroatoms. The summed E-state index contributed by atoms with van der Waals surface area (Å²) in [5.41, 5.74) is 0.638. The zero-order valence-corrected chi connectivity index (χ0v) is 22.2. The Morgan fingerprint density at radius 1 is 1.09 bits per heavy atom. The van der Waals surface area contributed by atoms with Gasteiger partial charge in [0.25, 0.3) is 10.1 Å². The smallest absolute Gasteiger partial charge is 0.266 e. The van der Waals surface area contributed by atoms with Gasteiger partial charge in [-0.15, -0.1) is 0 Å². The topological polar surface area (TPSA) is 107 Å². The van der Waals surface area contributed by atoms with Crippen LogP contribution in [0.2, 0.25) is 0 Å². The largest absolute Gasteiger partial charge is 0.379 e. The van der Waals surface area contributed by atoms with E-state index in [2.05, 4.69) is 19.2 Å². The highest BCUT2D eigenvalue weighted by molar-refractivity contribution is 7.85. The number of rotatable bonds is 7. The zero-order valence-electron chi connectivity index (χ0n) is 21.4. The molecule has 4 rings (SSSR count). The molecule has 4 fully saturated rings. The number of carbonyl (C=O) groups is 1. The number of hydrogen-bond donors (Lipinski definition) is 3. The van der Waals surface area contributed by atoms with E-state index in [0.717, 1.165) is 25.7 Å². The minimum atomic E-state index is -4.05.